The van der Waals surface area contributed by atoms with Crippen LogP contribution in [-0.4, -0.2) is 19.8 Å². The zero-order valence-electron chi connectivity index (χ0n) is 21.1. The summed E-state index contributed by atoms with van der Waals surface area (Å²) >= 11 is 3.56. The molecule has 0 bridgehead atoms. The number of hydrogen-bond acceptors (Lipinski definition) is 1. The van der Waals surface area contributed by atoms with Gasteiger partial charge >= 0.3 is 128 Å². The standard InChI is InChI=1S/C11H22S.3C6H11.Sn/c1-2-3-4-5-6-7-8-9-10-11-12;3*1-2-4-6-5-3-1;/h10-12H,2-9H2,1H3;3*1H,2-6H2;/q;;;;+1/p-1. The van der Waals surface area contributed by atoms with Gasteiger partial charge in [0.1, 0.15) is 0 Å². The Morgan fingerprint density at radius 3 is 1.35 bits per heavy atom. The average Bonchev–Trinajstić information content (AvgIpc) is 2.84. The van der Waals surface area contributed by atoms with Crippen LogP contribution in [0.3, 0.4) is 0 Å². The zero-order valence-corrected chi connectivity index (χ0v) is 24.7. The van der Waals surface area contributed by atoms with Crippen molar-refractivity contribution in [2.24, 2.45) is 0 Å². The summed E-state index contributed by atoms with van der Waals surface area (Å²) in [6.07, 6.45) is 37.2. The molecule has 0 radical (unpaired) electrons. The maximum atomic E-state index is 4.71. The third-order valence-electron chi connectivity index (χ3n) is 8.30. The first kappa shape index (κ1) is 28.0. The Labute approximate surface area is 209 Å². The first-order valence-electron chi connectivity index (χ1n) is 14.5. The summed E-state index contributed by atoms with van der Waals surface area (Å²) in [6, 6.07) is 0. The number of hydrogen-bond donors (Lipinski definition) is 0. The molecule has 31 heavy (non-hydrogen) atoms. The molecule has 0 aromatic heterocycles. The second kappa shape index (κ2) is 19.1. The van der Waals surface area contributed by atoms with E-state index in [2.05, 4.69) is 13.0 Å². The molecule has 0 aromatic rings. The van der Waals surface area contributed by atoms with Crippen LogP contribution in [0, 0.1) is 0 Å². The van der Waals surface area contributed by atoms with Crippen LogP contribution < -0.4 is 0 Å². The third-order valence-corrected chi connectivity index (χ3v) is 21.5. The van der Waals surface area contributed by atoms with Gasteiger partial charge in [0.25, 0.3) is 0 Å². The van der Waals surface area contributed by atoms with Crippen molar-refractivity contribution in [3.05, 3.63) is 11.5 Å². The molecule has 0 amide bonds. The minimum Gasteiger partial charge on any atom is -0.788 e. The van der Waals surface area contributed by atoms with Gasteiger partial charge in [-0.1, -0.05) is 45.4 Å². The van der Waals surface area contributed by atoms with E-state index < -0.39 is 19.8 Å². The average molecular weight is 554 g/mol. The quantitative estimate of drug-likeness (QED) is 0.139. The smallest absolute Gasteiger partial charge is 0.0368 e. The molecule has 2 heteroatoms. The van der Waals surface area contributed by atoms with Crippen molar-refractivity contribution in [2.75, 3.05) is 0 Å². The van der Waals surface area contributed by atoms with Gasteiger partial charge in [-0.3, -0.25) is 0 Å². The van der Waals surface area contributed by atoms with Crippen LogP contribution in [0.5, 0.6) is 0 Å². The van der Waals surface area contributed by atoms with Gasteiger partial charge < -0.3 is 12.6 Å². The summed E-state index contributed by atoms with van der Waals surface area (Å²) in [4.78, 5) is 0. The molecule has 0 saturated heterocycles. The van der Waals surface area contributed by atoms with Crippen LogP contribution in [0.2, 0.25) is 11.8 Å². The minimum absolute atomic E-state index is 1.15. The monoisotopic (exact) mass is 554 g/mol. The van der Waals surface area contributed by atoms with Crippen LogP contribution >= 0.6 is 0 Å². The van der Waals surface area contributed by atoms with Gasteiger partial charge in [0, 0.05) is 0 Å². The van der Waals surface area contributed by atoms with Gasteiger partial charge in [-0.05, 0) is 12.8 Å². The van der Waals surface area contributed by atoms with Crippen molar-refractivity contribution in [1.29, 1.82) is 0 Å². The number of unbranched alkanes of at least 4 members (excludes halogenated alkanes) is 7. The second-order valence-electron chi connectivity index (χ2n) is 10.8. The number of allylic oxidation sites excluding steroid dienone is 1. The van der Waals surface area contributed by atoms with Crippen LogP contribution in [0.4, 0.5) is 0 Å². The van der Waals surface area contributed by atoms with Gasteiger partial charge in [0.15, 0.2) is 0 Å². The largest absolute Gasteiger partial charge is 0.788 e. The molecular formula is C29H54SSn. The van der Waals surface area contributed by atoms with E-state index in [-0.39, 0.29) is 0 Å². The van der Waals surface area contributed by atoms with Crippen LogP contribution in [-0.2, 0) is 12.6 Å². The van der Waals surface area contributed by atoms with Crippen molar-refractivity contribution in [2.45, 2.75) is 166 Å². The summed E-state index contributed by atoms with van der Waals surface area (Å²) in [5.74, 6) is 0. The van der Waals surface area contributed by atoms with Gasteiger partial charge in [-0.15, -0.1) is 6.08 Å². The topological polar surface area (TPSA) is 0 Å². The van der Waals surface area contributed by atoms with E-state index in [1.165, 1.54) is 63.2 Å². The summed E-state index contributed by atoms with van der Waals surface area (Å²) in [5, 5.41) is 1.73. The van der Waals surface area contributed by atoms with E-state index in [1.54, 1.807) is 102 Å². The SMILES string of the molecule is C1CC[CH]([Sn+]([CH]2CCCCC2)[CH]2CCCCC2)CC1.CCCCCCCCCC=C[S-]. The fraction of sp³-hybridized carbons (Fsp3) is 0.931. The fourth-order valence-corrected chi connectivity index (χ4v) is 21.6. The molecule has 180 valence electrons. The maximum Gasteiger partial charge on any atom is -0.0368 e. The molecule has 3 saturated carbocycles. The van der Waals surface area contributed by atoms with Gasteiger partial charge in [-0.2, -0.15) is 0 Å². The molecule has 0 spiro atoms. The maximum absolute atomic E-state index is 4.71. The van der Waals surface area contributed by atoms with Crippen molar-refractivity contribution in [3.8, 4) is 0 Å². The third kappa shape index (κ3) is 12.1. The van der Waals surface area contributed by atoms with Crippen LogP contribution in [0.15, 0.2) is 11.5 Å². The Balaban J connectivity index is 0.000000248. The molecule has 0 aromatic carbocycles. The van der Waals surface area contributed by atoms with Crippen molar-refractivity contribution in [3.63, 3.8) is 0 Å². The molecule has 0 unspecified atom stereocenters. The molecule has 0 heterocycles. The van der Waals surface area contributed by atoms with E-state index in [9.17, 15) is 0 Å². The van der Waals surface area contributed by atoms with E-state index >= 15 is 0 Å². The van der Waals surface area contributed by atoms with Crippen LogP contribution in [0.25, 0.3) is 0 Å². The molecule has 0 aliphatic heterocycles. The molecule has 3 aliphatic carbocycles. The van der Waals surface area contributed by atoms with E-state index in [1.807, 2.05) is 0 Å². The number of rotatable bonds is 11. The van der Waals surface area contributed by atoms with Gasteiger partial charge in [0.05, 0.1) is 0 Å². The van der Waals surface area contributed by atoms with Gasteiger partial charge in [0.2, 0.25) is 0 Å². The second-order valence-corrected chi connectivity index (χ2v) is 20.9. The summed E-state index contributed by atoms with van der Waals surface area (Å²) in [7, 11) is 0. The predicted octanol–water partition coefficient (Wildman–Crippen LogP) is 10.7. The summed E-state index contributed by atoms with van der Waals surface area (Å²) in [6.45, 7) is 2.26. The molecule has 3 aliphatic rings. The summed E-state index contributed by atoms with van der Waals surface area (Å²) < 4.78 is 3.96. The first-order chi connectivity index (χ1) is 15.4. The van der Waals surface area contributed by atoms with Crippen molar-refractivity contribution < 1.29 is 0 Å². The Morgan fingerprint density at radius 1 is 0.581 bits per heavy atom. The molecule has 0 N–H and O–H groups in total. The normalized spacial score (nSPS) is 21.7. The minimum atomic E-state index is -1.15. The van der Waals surface area contributed by atoms with Crippen LogP contribution in [0.1, 0.15) is 155 Å². The van der Waals surface area contributed by atoms with E-state index in [0.717, 1.165) is 0 Å². The van der Waals surface area contributed by atoms with E-state index in [0.29, 0.717) is 0 Å². The Hall–Kier alpha value is 0.759. The fourth-order valence-electron chi connectivity index (χ4n) is 6.60. The van der Waals surface area contributed by atoms with Crippen molar-refractivity contribution >= 4 is 32.4 Å². The molecule has 0 atom stereocenters. The Bertz CT molecular complexity index is 374. The predicted molar refractivity (Wildman–Crippen MR) is 145 cm³/mol. The molecular weight excluding hydrogens is 499 g/mol. The van der Waals surface area contributed by atoms with Crippen molar-refractivity contribution in [1.82, 2.24) is 0 Å². The van der Waals surface area contributed by atoms with E-state index in [4.69, 9.17) is 12.6 Å². The summed E-state index contributed by atoms with van der Waals surface area (Å²) in [5.41, 5.74) is 0. The first-order valence-corrected chi connectivity index (χ1v) is 19.9. The Morgan fingerprint density at radius 2 is 0.968 bits per heavy atom. The Kier molecular flexibility index (Phi) is 17.3. The molecule has 3 fully saturated rings. The molecule has 3 rings (SSSR count). The molecule has 0 nitrogen and oxygen atoms in total. The zero-order chi connectivity index (χ0) is 22.0. The van der Waals surface area contributed by atoms with Gasteiger partial charge in [-0.25, -0.2) is 5.41 Å².